The van der Waals surface area contributed by atoms with Crippen molar-refractivity contribution in [3.8, 4) is 34.2 Å². The molecule has 6 heteroatoms. The zero-order chi connectivity index (χ0) is 29.0. The van der Waals surface area contributed by atoms with Gasteiger partial charge in [-0.25, -0.2) is 9.97 Å². The summed E-state index contributed by atoms with van der Waals surface area (Å²) in [7, 11) is 0. The molecule has 6 nitrogen and oxygen atoms in total. The second kappa shape index (κ2) is 9.78. The van der Waals surface area contributed by atoms with Gasteiger partial charge in [0.15, 0.2) is 0 Å². The molecule has 6 heterocycles. The molecule has 0 radical (unpaired) electrons. The van der Waals surface area contributed by atoms with Crippen LogP contribution in [0.5, 0.6) is 0 Å². The van der Waals surface area contributed by atoms with E-state index in [0.29, 0.717) is 0 Å². The SMILES string of the molecule is C1=Cc2c(c3ccccc3n2-c2cccc(-c3cccc(-c4ccc(-n5c6ccccc6c6ccncc65)cc4)n3)n2)CN1. The monoisotopic (exact) mass is 566 g/mol. The van der Waals surface area contributed by atoms with Crippen molar-refractivity contribution < 1.29 is 0 Å². The van der Waals surface area contributed by atoms with Crippen LogP contribution in [0.2, 0.25) is 0 Å². The number of benzene rings is 3. The van der Waals surface area contributed by atoms with Crippen LogP contribution in [-0.2, 0) is 6.54 Å². The maximum Gasteiger partial charge on any atom is 0.138 e. The van der Waals surface area contributed by atoms with Gasteiger partial charge in [-0.15, -0.1) is 0 Å². The lowest BCUT2D eigenvalue weighted by Crippen LogP contribution is -2.11. The van der Waals surface area contributed by atoms with Crippen LogP contribution < -0.4 is 5.32 Å². The Hall–Kier alpha value is -6.01. The Labute approximate surface area is 253 Å². The van der Waals surface area contributed by atoms with E-state index in [1.807, 2.05) is 30.7 Å². The van der Waals surface area contributed by atoms with E-state index in [1.165, 1.54) is 21.7 Å². The molecule has 9 rings (SSSR count). The average molecular weight is 567 g/mol. The fraction of sp³-hybridized carbons (Fsp3) is 0.0263. The van der Waals surface area contributed by atoms with Gasteiger partial charge in [0, 0.05) is 45.7 Å². The molecule has 0 saturated carbocycles. The van der Waals surface area contributed by atoms with E-state index in [2.05, 4.69) is 129 Å². The zero-order valence-corrected chi connectivity index (χ0v) is 23.7. The van der Waals surface area contributed by atoms with Gasteiger partial charge in [-0.05, 0) is 66.9 Å². The van der Waals surface area contributed by atoms with Crippen molar-refractivity contribution in [3.63, 3.8) is 0 Å². The Bertz CT molecular complexity index is 2340. The van der Waals surface area contributed by atoms with Gasteiger partial charge in [-0.3, -0.25) is 9.55 Å². The minimum atomic E-state index is 0.801. The number of nitrogens with one attached hydrogen (secondary N) is 1. The van der Waals surface area contributed by atoms with Gasteiger partial charge in [-0.1, -0.05) is 60.7 Å². The van der Waals surface area contributed by atoms with E-state index in [-0.39, 0.29) is 0 Å². The molecule has 0 unspecified atom stereocenters. The first kappa shape index (κ1) is 24.6. The molecule has 0 saturated heterocycles. The van der Waals surface area contributed by atoms with Gasteiger partial charge in [0.2, 0.25) is 0 Å². The largest absolute Gasteiger partial charge is 0.387 e. The third-order valence-corrected chi connectivity index (χ3v) is 8.53. The topological polar surface area (TPSA) is 60.6 Å². The fourth-order valence-corrected chi connectivity index (χ4v) is 6.54. The highest BCUT2D eigenvalue weighted by molar-refractivity contribution is 6.08. The Morgan fingerprint density at radius 3 is 2.14 bits per heavy atom. The summed E-state index contributed by atoms with van der Waals surface area (Å²) in [6.45, 7) is 0.801. The number of fused-ring (bicyclic) bond motifs is 6. The minimum Gasteiger partial charge on any atom is -0.387 e. The van der Waals surface area contributed by atoms with Crippen molar-refractivity contribution in [2.24, 2.45) is 0 Å². The van der Waals surface area contributed by atoms with Crippen molar-refractivity contribution >= 4 is 38.8 Å². The summed E-state index contributed by atoms with van der Waals surface area (Å²) in [4.78, 5) is 14.6. The molecule has 1 aliphatic rings. The van der Waals surface area contributed by atoms with Gasteiger partial charge < -0.3 is 9.88 Å². The molecule has 0 amide bonds. The molecule has 0 fully saturated rings. The van der Waals surface area contributed by atoms with Crippen molar-refractivity contribution in [2.45, 2.75) is 6.54 Å². The van der Waals surface area contributed by atoms with E-state index in [1.54, 1.807) is 0 Å². The molecule has 0 bridgehead atoms. The van der Waals surface area contributed by atoms with Crippen molar-refractivity contribution in [1.29, 1.82) is 0 Å². The number of aromatic nitrogens is 5. The summed E-state index contributed by atoms with van der Waals surface area (Å²) in [5, 5.41) is 7.02. The lowest BCUT2D eigenvalue weighted by molar-refractivity contribution is 0.852. The van der Waals surface area contributed by atoms with Crippen LogP contribution in [0.15, 0.2) is 134 Å². The van der Waals surface area contributed by atoms with Crippen molar-refractivity contribution in [3.05, 3.63) is 145 Å². The summed E-state index contributed by atoms with van der Waals surface area (Å²) in [6.07, 6.45) is 7.94. The molecule has 0 aliphatic carbocycles. The van der Waals surface area contributed by atoms with Gasteiger partial charge in [0.1, 0.15) is 5.82 Å². The summed E-state index contributed by atoms with van der Waals surface area (Å²) in [5.74, 6) is 0.878. The number of rotatable bonds is 4. The molecule has 1 N–H and O–H groups in total. The third kappa shape index (κ3) is 3.78. The zero-order valence-electron chi connectivity index (χ0n) is 23.7. The molecule has 5 aromatic heterocycles. The standard InChI is InChI=1S/C38H26N6/c1-3-12-34-27(7-1)29-19-21-40-24-37(29)43(34)26-17-15-25(16-18-26)31-9-5-10-32(41-31)33-11-6-14-38(42-33)44-35-13-4-2-8-28(35)30-23-39-22-20-36(30)44/h1-22,24,39H,23H2. The average Bonchev–Trinajstić information content (AvgIpc) is 3.62. The third-order valence-electron chi connectivity index (χ3n) is 8.53. The highest BCUT2D eigenvalue weighted by Gasteiger charge is 2.19. The first-order valence-corrected chi connectivity index (χ1v) is 14.7. The summed E-state index contributed by atoms with van der Waals surface area (Å²) in [6, 6.07) is 40.0. The first-order chi connectivity index (χ1) is 21.8. The number of hydrogen-bond donors (Lipinski definition) is 1. The highest BCUT2D eigenvalue weighted by atomic mass is 15.1. The predicted octanol–water partition coefficient (Wildman–Crippen LogP) is 8.32. The lowest BCUT2D eigenvalue weighted by Gasteiger charge is -2.13. The molecule has 3 aromatic carbocycles. The number of nitrogens with zero attached hydrogens (tertiary/aromatic N) is 5. The van der Waals surface area contributed by atoms with E-state index >= 15 is 0 Å². The van der Waals surface area contributed by atoms with E-state index in [4.69, 9.17) is 9.97 Å². The maximum absolute atomic E-state index is 5.12. The Kier molecular flexibility index (Phi) is 5.46. The quantitative estimate of drug-likeness (QED) is 0.233. The Balaban J connectivity index is 1.10. The molecule has 0 atom stereocenters. The van der Waals surface area contributed by atoms with Gasteiger partial charge in [-0.2, -0.15) is 0 Å². The second-order valence-corrected chi connectivity index (χ2v) is 11.0. The first-order valence-electron chi connectivity index (χ1n) is 14.7. The van der Waals surface area contributed by atoms with Crippen molar-refractivity contribution in [1.82, 2.24) is 29.4 Å². The molecule has 44 heavy (non-hydrogen) atoms. The van der Waals surface area contributed by atoms with Crippen LogP contribution in [0.1, 0.15) is 11.3 Å². The Morgan fingerprint density at radius 1 is 0.568 bits per heavy atom. The van der Waals surface area contributed by atoms with Crippen LogP contribution in [0.4, 0.5) is 0 Å². The smallest absolute Gasteiger partial charge is 0.138 e. The number of pyridine rings is 3. The van der Waals surface area contributed by atoms with E-state index in [9.17, 15) is 0 Å². The van der Waals surface area contributed by atoms with Crippen LogP contribution in [0, 0.1) is 0 Å². The van der Waals surface area contributed by atoms with Crippen molar-refractivity contribution in [2.75, 3.05) is 0 Å². The van der Waals surface area contributed by atoms with Gasteiger partial charge in [0.25, 0.3) is 0 Å². The normalized spacial score (nSPS) is 12.5. The second-order valence-electron chi connectivity index (χ2n) is 11.0. The molecular formula is C38H26N6. The summed E-state index contributed by atoms with van der Waals surface area (Å²) >= 11 is 0. The molecule has 1 aliphatic heterocycles. The van der Waals surface area contributed by atoms with E-state index < -0.39 is 0 Å². The van der Waals surface area contributed by atoms with E-state index in [0.717, 1.165) is 62.9 Å². The molecule has 208 valence electrons. The number of hydrogen-bond acceptors (Lipinski definition) is 4. The maximum atomic E-state index is 5.12. The van der Waals surface area contributed by atoms with Gasteiger partial charge >= 0.3 is 0 Å². The van der Waals surface area contributed by atoms with Crippen LogP contribution >= 0.6 is 0 Å². The molecule has 8 aromatic rings. The fourth-order valence-electron chi connectivity index (χ4n) is 6.54. The molecule has 0 spiro atoms. The van der Waals surface area contributed by atoms with Gasteiger partial charge in [0.05, 0.1) is 45.5 Å². The van der Waals surface area contributed by atoms with Crippen LogP contribution in [0.25, 0.3) is 72.9 Å². The number of para-hydroxylation sites is 2. The summed E-state index contributed by atoms with van der Waals surface area (Å²) in [5.41, 5.74) is 10.6. The highest BCUT2D eigenvalue weighted by Crippen LogP contribution is 2.34. The summed E-state index contributed by atoms with van der Waals surface area (Å²) < 4.78 is 4.52. The predicted molar refractivity (Wildman–Crippen MR) is 178 cm³/mol. The Morgan fingerprint density at radius 2 is 1.27 bits per heavy atom. The minimum absolute atomic E-state index is 0.801. The molecular weight excluding hydrogens is 540 g/mol. The van der Waals surface area contributed by atoms with Crippen LogP contribution in [-0.4, -0.2) is 24.1 Å². The lowest BCUT2D eigenvalue weighted by atomic mass is 10.1. The van der Waals surface area contributed by atoms with Crippen LogP contribution in [0.3, 0.4) is 0 Å².